The van der Waals surface area contributed by atoms with Gasteiger partial charge in [0.05, 0.1) is 33.8 Å². The predicted octanol–water partition coefficient (Wildman–Crippen LogP) is 18.0. The lowest BCUT2D eigenvalue weighted by atomic mass is 10.0. The molecule has 0 bridgehead atoms. The number of hydrogen-bond acceptors (Lipinski definition) is 6. The average Bonchev–Trinajstić information content (AvgIpc) is 3.31. The molecule has 0 radical (unpaired) electrons. The van der Waals surface area contributed by atoms with Crippen molar-refractivity contribution in [3.8, 4) is 0 Å². The highest BCUT2D eigenvalue weighted by Gasteiger charge is 2.30. The SMILES string of the molecule is CCCCCCCCCCCCC/C=C/C(OC(=O)CCCCCCCCCCCCCCCCC)C(COP(=O)(O)OCC[N+](C)(C)C)NC(=O)CCCCCCCCCCCCCCCCC. The summed E-state index contributed by atoms with van der Waals surface area (Å²) in [5.74, 6) is -0.485. The average molecular weight is 999 g/mol. The Morgan fingerprint density at radius 3 is 1.19 bits per heavy atom. The molecule has 0 fully saturated rings. The lowest BCUT2D eigenvalue weighted by Gasteiger charge is -2.27. The van der Waals surface area contributed by atoms with Crippen LogP contribution in [0.2, 0.25) is 0 Å². The molecule has 410 valence electrons. The van der Waals surface area contributed by atoms with Crippen molar-refractivity contribution in [1.29, 1.82) is 0 Å². The minimum atomic E-state index is -4.44. The highest BCUT2D eigenvalue weighted by Crippen LogP contribution is 2.43. The molecule has 0 saturated heterocycles. The number of nitrogens with one attached hydrogen (secondary N) is 1. The van der Waals surface area contributed by atoms with Crippen LogP contribution < -0.4 is 5.32 Å². The Balaban J connectivity index is 5.30. The molecule has 0 aliphatic carbocycles. The molecule has 2 N–H and O–H groups in total. The van der Waals surface area contributed by atoms with Gasteiger partial charge in [0.2, 0.25) is 5.91 Å². The predicted molar refractivity (Wildman–Crippen MR) is 296 cm³/mol. The molecule has 0 aromatic heterocycles. The van der Waals surface area contributed by atoms with Gasteiger partial charge in [-0.05, 0) is 31.8 Å². The number of ether oxygens (including phenoxy) is 1. The Morgan fingerprint density at radius 2 is 0.826 bits per heavy atom. The van der Waals surface area contributed by atoms with Crippen LogP contribution in [0, 0.1) is 0 Å². The van der Waals surface area contributed by atoms with E-state index in [0.717, 1.165) is 57.8 Å². The topological polar surface area (TPSA) is 111 Å². The van der Waals surface area contributed by atoms with E-state index < -0.39 is 20.0 Å². The summed E-state index contributed by atoms with van der Waals surface area (Å²) in [6, 6.07) is -0.838. The van der Waals surface area contributed by atoms with Gasteiger partial charge in [-0.25, -0.2) is 4.57 Å². The Morgan fingerprint density at radius 1 is 0.493 bits per heavy atom. The van der Waals surface area contributed by atoms with E-state index >= 15 is 0 Å². The van der Waals surface area contributed by atoms with Crippen LogP contribution in [0.5, 0.6) is 0 Å². The number of phosphoric ester groups is 1. The van der Waals surface area contributed by atoms with Gasteiger partial charge in [-0.3, -0.25) is 18.6 Å². The van der Waals surface area contributed by atoms with E-state index in [2.05, 4.69) is 26.1 Å². The molecule has 0 aliphatic rings. The van der Waals surface area contributed by atoms with Crippen LogP contribution in [0.1, 0.15) is 303 Å². The number of unbranched alkanes of at least 4 members (excludes halogenated alkanes) is 39. The number of carbonyl (C=O) groups excluding carboxylic acids is 2. The van der Waals surface area contributed by atoms with Gasteiger partial charge in [0.1, 0.15) is 19.3 Å². The Kier molecular flexibility index (Phi) is 49.4. The number of rotatable bonds is 55. The largest absolute Gasteiger partial charge is 0.472 e. The number of likely N-dealkylation sites (N-methyl/N-ethyl adjacent to an activating group) is 1. The van der Waals surface area contributed by atoms with Gasteiger partial charge in [0.15, 0.2) is 0 Å². The normalized spacial score (nSPS) is 13.8. The first-order chi connectivity index (χ1) is 33.4. The zero-order valence-corrected chi connectivity index (χ0v) is 47.7. The quantitative estimate of drug-likeness (QED) is 0.0205. The van der Waals surface area contributed by atoms with E-state index in [1.807, 2.05) is 33.3 Å². The number of esters is 1. The van der Waals surface area contributed by atoms with Crippen molar-refractivity contribution < 1.29 is 37.3 Å². The fourth-order valence-corrected chi connectivity index (χ4v) is 9.80. The summed E-state index contributed by atoms with van der Waals surface area (Å²) in [6.45, 7) is 7.06. The molecule has 0 aliphatic heterocycles. The number of hydrogen-bond donors (Lipinski definition) is 2. The molecule has 0 heterocycles. The van der Waals surface area contributed by atoms with Gasteiger partial charge in [0.25, 0.3) is 0 Å². The molecule has 0 aromatic carbocycles. The highest BCUT2D eigenvalue weighted by molar-refractivity contribution is 7.47. The number of quaternary nitrogens is 1. The summed E-state index contributed by atoms with van der Waals surface area (Å²) < 4.78 is 30.7. The number of phosphoric acid groups is 1. The maximum absolute atomic E-state index is 13.5. The summed E-state index contributed by atoms with van der Waals surface area (Å²) in [6.07, 6.45) is 56.2. The highest BCUT2D eigenvalue weighted by atomic mass is 31.2. The van der Waals surface area contributed by atoms with Crippen LogP contribution in [-0.2, 0) is 27.9 Å². The van der Waals surface area contributed by atoms with Gasteiger partial charge < -0.3 is 19.4 Å². The Labute approximate surface area is 429 Å². The lowest BCUT2D eigenvalue weighted by molar-refractivity contribution is -0.870. The van der Waals surface area contributed by atoms with Crippen LogP contribution in [0.3, 0.4) is 0 Å². The summed E-state index contributed by atoms with van der Waals surface area (Å²) in [5, 5.41) is 3.06. The third kappa shape index (κ3) is 51.5. The van der Waals surface area contributed by atoms with Crippen molar-refractivity contribution in [3.05, 3.63) is 12.2 Å². The van der Waals surface area contributed by atoms with Crippen LogP contribution in [0.25, 0.3) is 0 Å². The van der Waals surface area contributed by atoms with Crippen molar-refractivity contribution in [1.82, 2.24) is 5.32 Å². The van der Waals surface area contributed by atoms with E-state index in [-0.39, 0.29) is 25.1 Å². The van der Waals surface area contributed by atoms with Gasteiger partial charge in [-0.15, -0.1) is 0 Å². The molecule has 10 heteroatoms. The van der Waals surface area contributed by atoms with Crippen LogP contribution in [0.4, 0.5) is 0 Å². The second kappa shape index (κ2) is 50.3. The van der Waals surface area contributed by atoms with Crippen LogP contribution in [-0.4, -0.2) is 74.3 Å². The zero-order valence-electron chi connectivity index (χ0n) is 46.8. The summed E-state index contributed by atoms with van der Waals surface area (Å²) in [7, 11) is 1.52. The molecule has 3 unspecified atom stereocenters. The molecule has 0 rings (SSSR count). The van der Waals surface area contributed by atoms with E-state index in [4.69, 9.17) is 13.8 Å². The van der Waals surface area contributed by atoms with Crippen molar-refractivity contribution in [3.63, 3.8) is 0 Å². The van der Waals surface area contributed by atoms with Gasteiger partial charge in [-0.2, -0.15) is 0 Å². The fourth-order valence-electron chi connectivity index (χ4n) is 9.06. The molecule has 0 spiro atoms. The molecule has 69 heavy (non-hydrogen) atoms. The first kappa shape index (κ1) is 67.8. The molecule has 3 atom stereocenters. The van der Waals surface area contributed by atoms with Crippen molar-refractivity contribution >= 4 is 19.7 Å². The maximum Gasteiger partial charge on any atom is 0.472 e. The molecule has 0 saturated carbocycles. The summed E-state index contributed by atoms with van der Waals surface area (Å²) in [4.78, 5) is 37.6. The number of amides is 1. The molecule has 1 amide bonds. The van der Waals surface area contributed by atoms with Crippen molar-refractivity contribution in [2.24, 2.45) is 0 Å². The minimum Gasteiger partial charge on any atom is -0.456 e. The second-order valence-corrected chi connectivity index (χ2v) is 23.3. The Hall–Kier alpha value is -1.25. The van der Waals surface area contributed by atoms with Crippen molar-refractivity contribution in [2.75, 3.05) is 40.9 Å². The maximum atomic E-state index is 13.5. The monoisotopic (exact) mass is 998 g/mol. The summed E-state index contributed by atoms with van der Waals surface area (Å²) in [5.41, 5.74) is 0. The van der Waals surface area contributed by atoms with Gasteiger partial charge in [-0.1, -0.05) is 271 Å². The third-order valence-corrected chi connectivity index (χ3v) is 14.7. The second-order valence-electron chi connectivity index (χ2n) is 21.9. The fraction of sp³-hybridized carbons (Fsp3) is 0.932. The zero-order chi connectivity index (χ0) is 50.8. The van der Waals surface area contributed by atoms with Gasteiger partial charge in [0, 0.05) is 12.8 Å². The van der Waals surface area contributed by atoms with Crippen molar-refractivity contribution in [2.45, 2.75) is 315 Å². The minimum absolute atomic E-state index is 0.0457. The molecule has 0 aromatic rings. The van der Waals surface area contributed by atoms with E-state index in [1.165, 1.54) is 212 Å². The van der Waals surface area contributed by atoms with E-state index in [1.54, 1.807) is 0 Å². The Bertz CT molecular complexity index is 1190. The van der Waals surface area contributed by atoms with E-state index in [9.17, 15) is 19.0 Å². The number of nitrogens with zero attached hydrogens (tertiary/aromatic N) is 1. The van der Waals surface area contributed by atoms with Crippen LogP contribution in [0.15, 0.2) is 12.2 Å². The number of carbonyl (C=O) groups is 2. The van der Waals surface area contributed by atoms with Crippen LogP contribution >= 0.6 is 7.82 Å². The summed E-state index contributed by atoms with van der Waals surface area (Å²) >= 11 is 0. The standard InChI is InChI=1S/C59H117N2O7P/c1-7-10-13-16-19-22-25-28-30-33-36-39-42-45-48-51-58(62)60-56(55-67-69(64,65)66-54-53-61(4,5)6)57(50-47-44-41-38-35-32-27-24-21-18-15-12-9-3)68-59(63)52-49-46-43-40-37-34-31-29-26-23-20-17-14-11-8-2/h47,50,56-57H,7-46,48-49,51-55H2,1-6H3,(H-,60,62,64,65)/p+1/b50-47+. The first-order valence-electron chi connectivity index (χ1n) is 30.0. The third-order valence-electron chi connectivity index (χ3n) is 13.7. The molecular formula is C59H118N2O7P+. The smallest absolute Gasteiger partial charge is 0.456 e. The number of allylic oxidation sites excluding steroid dienone is 1. The lowest BCUT2D eigenvalue weighted by Crippen LogP contribution is -2.47. The molecule has 9 nitrogen and oxygen atoms in total. The van der Waals surface area contributed by atoms with Gasteiger partial charge >= 0.3 is 13.8 Å². The van der Waals surface area contributed by atoms with E-state index in [0.29, 0.717) is 23.9 Å². The molecular weight excluding hydrogens is 880 g/mol. The first-order valence-corrected chi connectivity index (χ1v) is 31.5.